The molecule has 3 rings (SSSR count). The fraction of sp³-hybridized carbons (Fsp3) is 0. The number of benzene rings is 2. The van der Waals surface area contributed by atoms with Crippen molar-refractivity contribution in [3.63, 3.8) is 0 Å². The summed E-state index contributed by atoms with van der Waals surface area (Å²) in [5, 5.41) is 18.2. The van der Waals surface area contributed by atoms with Crippen LogP contribution in [0.25, 0.3) is 11.1 Å². The van der Waals surface area contributed by atoms with Gasteiger partial charge >= 0.3 is 11.9 Å². The van der Waals surface area contributed by atoms with Gasteiger partial charge in [0.1, 0.15) is 0 Å². The van der Waals surface area contributed by atoms with Crippen molar-refractivity contribution in [3.8, 4) is 11.1 Å². The smallest absolute Gasteiger partial charge is 0.336 e. The monoisotopic (exact) mass is 268 g/mol. The summed E-state index contributed by atoms with van der Waals surface area (Å²) in [6.07, 6.45) is 0. The molecular formula is C15H8O5. The molecule has 0 saturated carbocycles. The zero-order chi connectivity index (χ0) is 14.4. The van der Waals surface area contributed by atoms with Gasteiger partial charge in [-0.15, -0.1) is 0 Å². The molecule has 5 nitrogen and oxygen atoms in total. The molecule has 1 aliphatic rings. The highest BCUT2D eigenvalue weighted by molar-refractivity contribution is 6.24. The Bertz CT molecular complexity index is 789. The number of rotatable bonds is 2. The molecule has 0 unspecified atom stereocenters. The highest BCUT2D eigenvalue weighted by atomic mass is 16.4. The van der Waals surface area contributed by atoms with E-state index in [1.165, 1.54) is 30.3 Å². The van der Waals surface area contributed by atoms with Crippen molar-refractivity contribution in [2.24, 2.45) is 0 Å². The summed E-state index contributed by atoms with van der Waals surface area (Å²) in [7, 11) is 0. The molecule has 0 fully saturated rings. The van der Waals surface area contributed by atoms with E-state index in [9.17, 15) is 19.5 Å². The molecule has 0 saturated heterocycles. The number of carbonyl (C=O) groups excluding carboxylic acids is 1. The number of carboxylic acids is 2. The lowest BCUT2D eigenvalue weighted by molar-refractivity contribution is 0.0686. The minimum absolute atomic E-state index is 0.00165. The van der Waals surface area contributed by atoms with E-state index in [1.807, 2.05) is 0 Å². The van der Waals surface area contributed by atoms with Crippen LogP contribution in [-0.2, 0) is 0 Å². The van der Waals surface area contributed by atoms with E-state index < -0.39 is 11.9 Å². The Labute approximate surface area is 113 Å². The molecule has 0 spiro atoms. The summed E-state index contributed by atoms with van der Waals surface area (Å²) in [6.45, 7) is 0. The fourth-order valence-corrected chi connectivity index (χ4v) is 2.44. The summed E-state index contributed by atoms with van der Waals surface area (Å²) in [6, 6.07) is 8.60. The van der Waals surface area contributed by atoms with E-state index in [-0.39, 0.29) is 22.5 Å². The first-order valence-corrected chi connectivity index (χ1v) is 5.79. The Morgan fingerprint density at radius 2 is 1.60 bits per heavy atom. The summed E-state index contributed by atoms with van der Waals surface area (Å²) < 4.78 is 0. The van der Waals surface area contributed by atoms with Crippen LogP contribution in [0, 0.1) is 0 Å². The minimum atomic E-state index is -1.13. The molecule has 0 aliphatic heterocycles. The largest absolute Gasteiger partial charge is 0.478 e. The molecule has 0 radical (unpaired) electrons. The summed E-state index contributed by atoms with van der Waals surface area (Å²) >= 11 is 0. The maximum atomic E-state index is 12.3. The Hall–Kier alpha value is -2.95. The van der Waals surface area contributed by atoms with Crippen LogP contribution in [0.2, 0.25) is 0 Å². The number of fused-ring (bicyclic) bond motifs is 3. The molecule has 98 valence electrons. The topological polar surface area (TPSA) is 91.7 Å². The van der Waals surface area contributed by atoms with Gasteiger partial charge in [0.25, 0.3) is 0 Å². The van der Waals surface area contributed by atoms with Crippen LogP contribution in [0.5, 0.6) is 0 Å². The van der Waals surface area contributed by atoms with Gasteiger partial charge in [0.05, 0.1) is 11.1 Å². The van der Waals surface area contributed by atoms with Gasteiger partial charge in [-0.1, -0.05) is 18.2 Å². The maximum Gasteiger partial charge on any atom is 0.336 e. The maximum absolute atomic E-state index is 12.3. The lowest BCUT2D eigenvalue weighted by Crippen LogP contribution is -2.01. The van der Waals surface area contributed by atoms with E-state index in [4.69, 9.17) is 5.11 Å². The zero-order valence-electron chi connectivity index (χ0n) is 10.1. The second-order valence-electron chi connectivity index (χ2n) is 4.43. The first kappa shape index (κ1) is 12.1. The number of aromatic carboxylic acids is 2. The third-order valence-corrected chi connectivity index (χ3v) is 3.32. The van der Waals surface area contributed by atoms with Crippen molar-refractivity contribution < 1.29 is 24.6 Å². The molecule has 0 amide bonds. The fourth-order valence-electron chi connectivity index (χ4n) is 2.44. The molecular weight excluding hydrogens is 260 g/mol. The first-order valence-electron chi connectivity index (χ1n) is 5.79. The number of carboxylic acid groups (broad SMARTS) is 2. The van der Waals surface area contributed by atoms with Crippen molar-refractivity contribution in [3.05, 3.63) is 58.7 Å². The van der Waals surface area contributed by atoms with Crippen LogP contribution in [0.4, 0.5) is 0 Å². The van der Waals surface area contributed by atoms with Crippen LogP contribution in [-0.4, -0.2) is 27.9 Å². The highest BCUT2D eigenvalue weighted by Gasteiger charge is 2.31. The molecule has 20 heavy (non-hydrogen) atoms. The van der Waals surface area contributed by atoms with E-state index in [1.54, 1.807) is 6.07 Å². The van der Waals surface area contributed by atoms with Crippen LogP contribution in [0.3, 0.4) is 0 Å². The van der Waals surface area contributed by atoms with Crippen molar-refractivity contribution in [1.82, 2.24) is 0 Å². The zero-order valence-corrected chi connectivity index (χ0v) is 10.1. The predicted octanol–water partition coefficient (Wildman–Crippen LogP) is 2.29. The van der Waals surface area contributed by atoms with Gasteiger partial charge in [0.15, 0.2) is 5.78 Å². The Morgan fingerprint density at radius 1 is 0.850 bits per heavy atom. The van der Waals surface area contributed by atoms with Crippen LogP contribution in [0.1, 0.15) is 36.6 Å². The Morgan fingerprint density at radius 3 is 2.25 bits per heavy atom. The molecule has 2 N–H and O–H groups in total. The lowest BCUT2D eigenvalue weighted by Gasteiger charge is -2.04. The van der Waals surface area contributed by atoms with Gasteiger partial charge in [0, 0.05) is 16.7 Å². The van der Waals surface area contributed by atoms with E-state index in [0.29, 0.717) is 16.7 Å². The van der Waals surface area contributed by atoms with E-state index in [2.05, 4.69) is 0 Å². The van der Waals surface area contributed by atoms with Gasteiger partial charge in [-0.05, 0) is 23.8 Å². The van der Waals surface area contributed by atoms with Gasteiger partial charge in [-0.25, -0.2) is 9.59 Å². The number of carbonyl (C=O) groups is 3. The molecule has 0 bridgehead atoms. The average molecular weight is 268 g/mol. The minimum Gasteiger partial charge on any atom is -0.478 e. The predicted molar refractivity (Wildman–Crippen MR) is 69.2 cm³/mol. The summed E-state index contributed by atoms with van der Waals surface area (Å²) in [5.41, 5.74) is 1.39. The molecule has 2 aromatic rings. The molecule has 0 heterocycles. The normalized spacial score (nSPS) is 11.9. The number of hydrogen-bond acceptors (Lipinski definition) is 3. The van der Waals surface area contributed by atoms with Crippen molar-refractivity contribution in [2.45, 2.75) is 0 Å². The molecule has 0 atom stereocenters. The van der Waals surface area contributed by atoms with Crippen molar-refractivity contribution in [1.29, 1.82) is 0 Å². The van der Waals surface area contributed by atoms with Crippen molar-refractivity contribution >= 4 is 17.7 Å². The standard InChI is InChI=1S/C15H8O5/c16-13-9-2-1-3-10(15(19)20)12(9)8-5-4-7(14(17)18)6-11(8)13/h1-6H,(H,17,18)(H,19,20). The van der Waals surface area contributed by atoms with Gasteiger partial charge in [0.2, 0.25) is 0 Å². The van der Waals surface area contributed by atoms with Crippen LogP contribution >= 0.6 is 0 Å². The molecule has 5 heteroatoms. The molecule has 0 aromatic heterocycles. The molecule has 2 aromatic carbocycles. The highest BCUT2D eigenvalue weighted by Crippen LogP contribution is 2.39. The average Bonchev–Trinajstić information content (AvgIpc) is 2.72. The number of ketones is 1. The van der Waals surface area contributed by atoms with Crippen LogP contribution in [0.15, 0.2) is 36.4 Å². The number of hydrogen-bond donors (Lipinski definition) is 2. The van der Waals surface area contributed by atoms with Crippen molar-refractivity contribution in [2.75, 3.05) is 0 Å². The SMILES string of the molecule is O=C(O)c1ccc2c(c1)C(=O)c1cccc(C(=O)O)c1-2. The van der Waals surface area contributed by atoms with E-state index >= 15 is 0 Å². The van der Waals surface area contributed by atoms with Gasteiger partial charge in [-0.3, -0.25) is 4.79 Å². The Kier molecular flexibility index (Phi) is 2.44. The lowest BCUT2D eigenvalue weighted by atomic mass is 9.99. The summed E-state index contributed by atoms with van der Waals surface area (Å²) in [4.78, 5) is 34.4. The quantitative estimate of drug-likeness (QED) is 0.744. The third kappa shape index (κ3) is 1.53. The Balaban J connectivity index is 2.32. The molecule has 1 aliphatic carbocycles. The second-order valence-corrected chi connectivity index (χ2v) is 4.43. The van der Waals surface area contributed by atoms with Crippen LogP contribution < -0.4 is 0 Å². The van der Waals surface area contributed by atoms with E-state index in [0.717, 1.165) is 0 Å². The first-order chi connectivity index (χ1) is 9.50. The van der Waals surface area contributed by atoms with Gasteiger partial charge in [-0.2, -0.15) is 0 Å². The third-order valence-electron chi connectivity index (χ3n) is 3.32. The van der Waals surface area contributed by atoms with Gasteiger partial charge < -0.3 is 10.2 Å². The summed E-state index contributed by atoms with van der Waals surface area (Å²) in [5.74, 6) is -2.60. The second kappa shape index (κ2) is 4.03.